The fraction of sp³-hybridized carbons (Fsp3) is 0.444. The minimum atomic E-state index is -0.401. The van der Waals surface area contributed by atoms with Gasteiger partial charge in [-0.1, -0.05) is 19.9 Å². The average Bonchev–Trinajstić information content (AvgIpc) is 3.29. The molecule has 3 aromatic rings. The van der Waals surface area contributed by atoms with E-state index < -0.39 is 6.04 Å². The van der Waals surface area contributed by atoms with Gasteiger partial charge in [0.05, 0.1) is 13.2 Å². The Morgan fingerprint density at radius 3 is 2.88 bits per heavy atom. The lowest BCUT2D eigenvalue weighted by atomic mass is 10.2. The lowest BCUT2D eigenvalue weighted by Gasteiger charge is -2.32. The van der Waals surface area contributed by atoms with E-state index in [1.54, 1.807) is 11.1 Å². The number of carbonyl (C=O) groups excluding carboxylic acids is 1. The van der Waals surface area contributed by atoms with Crippen molar-refractivity contribution in [3.8, 4) is 0 Å². The second-order valence-electron chi connectivity index (χ2n) is 6.74. The van der Waals surface area contributed by atoms with Crippen molar-refractivity contribution in [3.63, 3.8) is 0 Å². The highest BCUT2D eigenvalue weighted by Crippen LogP contribution is 2.26. The van der Waals surface area contributed by atoms with Crippen LogP contribution in [-0.2, 0) is 4.74 Å². The summed E-state index contributed by atoms with van der Waals surface area (Å²) in [5.41, 5.74) is 2.17. The number of nitrogens with zero attached hydrogens (tertiary/aromatic N) is 5. The van der Waals surface area contributed by atoms with Gasteiger partial charge < -0.3 is 18.5 Å². The van der Waals surface area contributed by atoms with Crippen LogP contribution in [0.15, 0.2) is 28.8 Å². The summed E-state index contributed by atoms with van der Waals surface area (Å²) in [7, 11) is 0. The summed E-state index contributed by atoms with van der Waals surface area (Å²) in [6.07, 6.45) is 1.77. The van der Waals surface area contributed by atoms with Crippen molar-refractivity contribution in [1.29, 1.82) is 0 Å². The minimum absolute atomic E-state index is 0.131. The van der Waals surface area contributed by atoms with Gasteiger partial charge in [0, 0.05) is 24.4 Å². The number of hydrogen-bond donors (Lipinski definition) is 0. The van der Waals surface area contributed by atoms with Gasteiger partial charge in [0.25, 0.3) is 5.91 Å². The Morgan fingerprint density at radius 2 is 2.15 bits per heavy atom. The monoisotopic (exact) mass is 355 g/mol. The molecule has 1 saturated heterocycles. The molecule has 4 heterocycles. The molecule has 26 heavy (non-hydrogen) atoms. The van der Waals surface area contributed by atoms with Crippen LogP contribution < -0.4 is 0 Å². The highest BCUT2D eigenvalue weighted by molar-refractivity contribution is 5.93. The molecule has 3 aromatic heterocycles. The Hall–Kier alpha value is -2.74. The molecule has 4 rings (SSSR count). The van der Waals surface area contributed by atoms with Gasteiger partial charge in [0.2, 0.25) is 11.8 Å². The van der Waals surface area contributed by atoms with E-state index in [1.165, 1.54) is 0 Å². The first-order valence-electron chi connectivity index (χ1n) is 8.71. The third-order valence-corrected chi connectivity index (χ3v) is 4.54. The van der Waals surface area contributed by atoms with Crippen molar-refractivity contribution in [2.75, 3.05) is 19.8 Å². The number of carbonyl (C=O) groups is 1. The SMILES string of the molecule is Cc1cccc2nc(C(=O)N3CCOC[C@H]3c3nnc(C(C)C)o3)cn12. The number of rotatable bonds is 3. The van der Waals surface area contributed by atoms with Gasteiger partial charge in [0.1, 0.15) is 17.4 Å². The normalized spacial score (nSPS) is 18.0. The first kappa shape index (κ1) is 16.7. The number of pyridine rings is 1. The number of ether oxygens (including phenoxy) is 1. The molecule has 0 aromatic carbocycles. The number of imidazole rings is 1. The van der Waals surface area contributed by atoms with Crippen LogP contribution in [0.4, 0.5) is 0 Å². The molecule has 1 atom stereocenters. The van der Waals surface area contributed by atoms with Crippen molar-refractivity contribution < 1.29 is 13.9 Å². The third kappa shape index (κ3) is 2.86. The van der Waals surface area contributed by atoms with E-state index in [-0.39, 0.29) is 11.8 Å². The molecule has 0 unspecified atom stereocenters. The molecule has 8 nitrogen and oxygen atoms in total. The van der Waals surface area contributed by atoms with Crippen molar-refractivity contribution in [2.24, 2.45) is 0 Å². The number of aromatic nitrogens is 4. The van der Waals surface area contributed by atoms with Crippen LogP contribution in [0.3, 0.4) is 0 Å². The highest BCUT2D eigenvalue weighted by Gasteiger charge is 2.34. The summed E-state index contributed by atoms with van der Waals surface area (Å²) in [5.74, 6) is 0.931. The van der Waals surface area contributed by atoms with Crippen molar-refractivity contribution in [1.82, 2.24) is 24.5 Å². The molecule has 1 amide bonds. The Kier molecular flexibility index (Phi) is 4.20. The first-order valence-corrected chi connectivity index (χ1v) is 8.71. The van der Waals surface area contributed by atoms with Crippen LogP contribution >= 0.6 is 0 Å². The van der Waals surface area contributed by atoms with Gasteiger partial charge in [-0.15, -0.1) is 10.2 Å². The Bertz CT molecular complexity index is 945. The van der Waals surface area contributed by atoms with E-state index in [9.17, 15) is 4.79 Å². The second-order valence-corrected chi connectivity index (χ2v) is 6.74. The third-order valence-electron chi connectivity index (χ3n) is 4.54. The smallest absolute Gasteiger partial charge is 0.274 e. The average molecular weight is 355 g/mol. The van der Waals surface area contributed by atoms with Gasteiger partial charge in [-0.2, -0.15) is 0 Å². The standard InChI is InChI=1S/C18H21N5O3/c1-11(2)16-20-21-17(26-16)14-10-25-8-7-22(14)18(24)13-9-23-12(3)5-4-6-15(23)19-13/h4-6,9,11,14H,7-8,10H2,1-3H3/t14-/m0/s1. The summed E-state index contributed by atoms with van der Waals surface area (Å²) in [5, 5.41) is 8.20. The Morgan fingerprint density at radius 1 is 1.31 bits per heavy atom. The summed E-state index contributed by atoms with van der Waals surface area (Å²) in [6.45, 7) is 7.20. The maximum absolute atomic E-state index is 13.1. The zero-order chi connectivity index (χ0) is 18.3. The molecule has 0 spiro atoms. The number of amides is 1. The maximum atomic E-state index is 13.1. The number of morpholine rings is 1. The zero-order valence-corrected chi connectivity index (χ0v) is 15.0. The second kappa shape index (κ2) is 6.53. The number of fused-ring (bicyclic) bond motifs is 1. The lowest BCUT2D eigenvalue weighted by Crippen LogP contribution is -2.43. The maximum Gasteiger partial charge on any atom is 0.274 e. The molecule has 0 saturated carbocycles. The fourth-order valence-corrected chi connectivity index (χ4v) is 3.06. The van der Waals surface area contributed by atoms with Crippen LogP contribution in [0.25, 0.3) is 5.65 Å². The molecule has 136 valence electrons. The van der Waals surface area contributed by atoms with Crippen LogP contribution in [0.5, 0.6) is 0 Å². The molecule has 0 bridgehead atoms. The number of hydrogen-bond acceptors (Lipinski definition) is 6. The molecule has 8 heteroatoms. The summed E-state index contributed by atoms with van der Waals surface area (Å²) in [6, 6.07) is 5.39. The largest absolute Gasteiger partial charge is 0.423 e. The molecular formula is C18H21N5O3. The van der Waals surface area contributed by atoms with Gasteiger partial charge in [-0.05, 0) is 19.1 Å². The van der Waals surface area contributed by atoms with Crippen LogP contribution in [0.1, 0.15) is 53.8 Å². The predicted molar refractivity (Wildman–Crippen MR) is 92.9 cm³/mol. The molecule has 1 aliphatic heterocycles. The summed E-state index contributed by atoms with van der Waals surface area (Å²) >= 11 is 0. The van der Waals surface area contributed by atoms with E-state index in [1.807, 2.05) is 43.4 Å². The quantitative estimate of drug-likeness (QED) is 0.717. The van der Waals surface area contributed by atoms with E-state index in [2.05, 4.69) is 15.2 Å². The van der Waals surface area contributed by atoms with E-state index >= 15 is 0 Å². The molecule has 0 radical (unpaired) electrons. The van der Waals surface area contributed by atoms with E-state index in [0.717, 1.165) is 11.3 Å². The topological polar surface area (TPSA) is 85.8 Å². The molecule has 1 aliphatic rings. The molecule has 0 aliphatic carbocycles. The van der Waals surface area contributed by atoms with Crippen molar-refractivity contribution in [2.45, 2.75) is 32.7 Å². The van der Waals surface area contributed by atoms with Gasteiger partial charge in [-0.3, -0.25) is 4.79 Å². The minimum Gasteiger partial charge on any atom is -0.423 e. The highest BCUT2D eigenvalue weighted by atomic mass is 16.5. The van der Waals surface area contributed by atoms with Crippen molar-refractivity contribution in [3.05, 3.63) is 47.6 Å². The Labute approximate surface area is 150 Å². The van der Waals surface area contributed by atoms with E-state index in [4.69, 9.17) is 9.15 Å². The van der Waals surface area contributed by atoms with Crippen LogP contribution in [-0.4, -0.2) is 50.1 Å². The summed E-state index contributed by atoms with van der Waals surface area (Å²) < 4.78 is 13.2. The van der Waals surface area contributed by atoms with Crippen LogP contribution in [0, 0.1) is 6.92 Å². The van der Waals surface area contributed by atoms with Crippen LogP contribution in [0.2, 0.25) is 0 Å². The molecule has 1 fully saturated rings. The zero-order valence-electron chi connectivity index (χ0n) is 15.0. The predicted octanol–water partition coefficient (Wildman–Crippen LogP) is 2.36. The number of aryl methyl sites for hydroxylation is 1. The molecular weight excluding hydrogens is 334 g/mol. The lowest BCUT2D eigenvalue weighted by molar-refractivity contribution is -0.0110. The molecule has 0 N–H and O–H groups in total. The fourth-order valence-electron chi connectivity index (χ4n) is 3.06. The van der Waals surface area contributed by atoms with Gasteiger partial charge >= 0.3 is 0 Å². The first-order chi connectivity index (χ1) is 12.5. The summed E-state index contributed by atoms with van der Waals surface area (Å²) in [4.78, 5) is 19.3. The van der Waals surface area contributed by atoms with E-state index in [0.29, 0.717) is 37.2 Å². The Balaban J connectivity index is 1.66. The van der Waals surface area contributed by atoms with Crippen molar-refractivity contribution >= 4 is 11.6 Å². The van der Waals surface area contributed by atoms with Gasteiger partial charge in [-0.25, -0.2) is 4.98 Å². The van der Waals surface area contributed by atoms with Gasteiger partial charge in [0.15, 0.2) is 0 Å².